The van der Waals surface area contributed by atoms with Crippen molar-refractivity contribution in [3.63, 3.8) is 0 Å². The van der Waals surface area contributed by atoms with Gasteiger partial charge in [-0.05, 0) is 24.8 Å². The van der Waals surface area contributed by atoms with Crippen LogP contribution in [0.5, 0.6) is 0 Å². The average molecular weight is 268 g/mol. The van der Waals surface area contributed by atoms with Crippen LogP contribution in [0.25, 0.3) is 0 Å². The Balaban J connectivity index is 0.00000112. The van der Waals surface area contributed by atoms with E-state index < -0.39 is 0 Å². The molecule has 0 spiro atoms. The first-order chi connectivity index (χ1) is 6.68. The first-order valence-corrected chi connectivity index (χ1v) is 5.51. The highest BCUT2D eigenvalue weighted by atomic mass is 35.5. The van der Waals surface area contributed by atoms with Gasteiger partial charge in [-0.15, -0.1) is 12.4 Å². The summed E-state index contributed by atoms with van der Waals surface area (Å²) in [6.45, 7) is 0. The molecule has 1 aliphatic rings. The third-order valence-corrected chi connectivity index (χ3v) is 3.37. The van der Waals surface area contributed by atoms with Crippen molar-refractivity contribution in [1.82, 2.24) is 4.98 Å². The van der Waals surface area contributed by atoms with Gasteiger partial charge in [0.2, 0.25) is 0 Å². The zero-order valence-electron chi connectivity index (χ0n) is 8.12. The second-order valence-electron chi connectivity index (χ2n) is 3.73. The van der Waals surface area contributed by atoms with E-state index in [1.807, 2.05) is 6.07 Å². The molecule has 1 saturated carbocycles. The molecule has 5 heteroatoms. The molecule has 1 aromatic heterocycles. The Morgan fingerprint density at radius 3 is 2.47 bits per heavy atom. The zero-order chi connectivity index (χ0) is 10.1. The normalized spacial score (nSPS) is 17.8. The molecule has 1 atom stereocenters. The fraction of sp³-hybridized carbons (Fsp3) is 0.500. The van der Waals surface area contributed by atoms with E-state index in [1.54, 1.807) is 6.07 Å². The van der Waals surface area contributed by atoms with Crippen LogP contribution in [0, 0.1) is 5.92 Å². The van der Waals surface area contributed by atoms with Crippen LogP contribution < -0.4 is 5.73 Å². The van der Waals surface area contributed by atoms with Gasteiger partial charge in [0.05, 0.1) is 0 Å². The third-order valence-electron chi connectivity index (χ3n) is 2.86. The highest BCUT2D eigenvalue weighted by Crippen LogP contribution is 2.38. The van der Waals surface area contributed by atoms with Crippen LogP contribution in [-0.2, 0) is 0 Å². The summed E-state index contributed by atoms with van der Waals surface area (Å²) in [5.41, 5.74) is 7.00. The zero-order valence-corrected chi connectivity index (χ0v) is 10.4. The standard InChI is InChI=1S/C10H12Cl2N2.ClH/c11-8-5-4-7(10(12)14-8)9(13)6-2-1-3-6;/h4-6,9H,1-3,13H2;1H/t9-;/m0./s1. The fourth-order valence-corrected chi connectivity index (χ4v) is 2.20. The van der Waals surface area contributed by atoms with Crippen molar-refractivity contribution in [2.45, 2.75) is 25.3 Å². The van der Waals surface area contributed by atoms with E-state index in [0.717, 1.165) is 5.56 Å². The smallest absolute Gasteiger partial charge is 0.135 e. The van der Waals surface area contributed by atoms with Crippen LogP contribution in [0.2, 0.25) is 10.3 Å². The first kappa shape index (κ1) is 13.0. The molecule has 0 aromatic carbocycles. The van der Waals surface area contributed by atoms with E-state index >= 15 is 0 Å². The molecule has 15 heavy (non-hydrogen) atoms. The van der Waals surface area contributed by atoms with Gasteiger partial charge in [-0.1, -0.05) is 35.7 Å². The van der Waals surface area contributed by atoms with Gasteiger partial charge in [0.15, 0.2) is 0 Å². The monoisotopic (exact) mass is 266 g/mol. The Labute approximate surface area is 106 Å². The van der Waals surface area contributed by atoms with E-state index in [0.29, 0.717) is 16.2 Å². The summed E-state index contributed by atoms with van der Waals surface area (Å²) in [6.07, 6.45) is 3.66. The average Bonchev–Trinajstić information content (AvgIpc) is 2.00. The molecule has 2 N–H and O–H groups in total. The Bertz CT molecular complexity index is 339. The maximum atomic E-state index is 6.08. The van der Waals surface area contributed by atoms with E-state index in [-0.39, 0.29) is 18.4 Å². The molecular formula is C10H13Cl3N2. The SMILES string of the molecule is Cl.N[C@H](c1ccc(Cl)nc1Cl)C1CCC1. The number of rotatable bonds is 2. The Hall–Kier alpha value is -0.0200. The summed E-state index contributed by atoms with van der Waals surface area (Å²) in [7, 11) is 0. The molecule has 0 unspecified atom stereocenters. The highest BCUT2D eigenvalue weighted by Gasteiger charge is 2.27. The summed E-state index contributed by atoms with van der Waals surface area (Å²) in [4.78, 5) is 3.99. The van der Waals surface area contributed by atoms with Gasteiger partial charge in [0.1, 0.15) is 10.3 Å². The second kappa shape index (κ2) is 5.35. The lowest BCUT2D eigenvalue weighted by Crippen LogP contribution is -2.27. The lowest BCUT2D eigenvalue weighted by Gasteiger charge is -2.31. The molecule has 84 valence electrons. The molecule has 2 nitrogen and oxygen atoms in total. The number of halogens is 3. The predicted molar refractivity (Wildman–Crippen MR) is 65.8 cm³/mol. The van der Waals surface area contributed by atoms with Crippen LogP contribution in [0.3, 0.4) is 0 Å². The summed E-state index contributed by atoms with van der Waals surface area (Å²) < 4.78 is 0. The van der Waals surface area contributed by atoms with Crippen molar-refractivity contribution >= 4 is 35.6 Å². The number of hydrogen-bond acceptors (Lipinski definition) is 2. The lowest BCUT2D eigenvalue weighted by molar-refractivity contribution is 0.264. The first-order valence-electron chi connectivity index (χ1n) is 4.76. The maximum absolute atomic E-state index is 6.08. The van der Waals surface area contributed by atoms with Crippen molar-refractivity contribution in [3.05, 3.63) is 28.0 Å². The number of pyridine rings is 1. The molecule has 1 aromatic rings. The molecule has 1 heterocycles. The van der Waals surface area contributed by atoms with Gasteiger partial charge in [-0.3, -0.25) is 0 Å². The summed E-state index contributed by atoms with van der Waals surface area (Å²) in [5.74, 6) is 0.565. The molecule has 0 aliphatic heterocycles. The maximum Gasteiger partial charge on any atom is 0.135 e. The minimum atomic E-state index is 0. The summed E-state index contributed by atoms with van der Waals surface area (Å²) in [5, 5.41) is 0.858. The van der Waals surface area contributed by atoms with Gasteiger partial charge in [0, 0.05) is 11.6 Å². The molecular weight excluding hydrogens is 254 g/mol. The van der Waals surface area contributed by atoms with Crippen LogP contribution in [0.15, 0.2) is 12.1 Å². The van der Waals surface area contributed by atoms with E-state index in [1.165, 1.54) is 19.3 Å². The number of hydrogen-bond donors (Lipinski definition) is 1. The van der Waals surface area contributed by atoms with Crippen LogP contribution in [-0.4, -0.2) is 4.98 Å². The van der Waals surface area contributed by atoms with Crippen LogP contribution in [0.1, 0.15) is 30.9 Å². The van der Waals surface area contributed by atoms with Crippen LogP contribution in [0.4, 0.5) is 0 Å². The fourth-order valence-electron chi connectivity index (χ4n) is 1.72. The second-order valence-corrected chi connectivity index (χ2v) is 4.48. The van der Waals surface area contributed by atoms with Crippen molar-refractivity contribution in [1.29, 1.82) is 0 Å². The Kier molecular flexibility index (Phi) is 4.65. The van der Waals surface area contributed by atoms with Crippen molar-refractivity contribution in [3.8, 4) is 0 Å². The van der Waals surface area contributed by atoms with Gasteiger partial charge in [0.25, 0.3) is 0 Å². The molecule has 0 saturated heterocycles. The number of nitrogens with zero attached hydrogens (tertiary/aromatic N) is 1. The van der Waals surface area contributed by atoms with Crippen molar-refractivity contribution < 1.29 is 0 Å². The number of nitrogens with two attached hydrogens (primary N) is 1. The van der Waals surface area contributed by atoms with E-state index in [2.05, 4.69) is 4.98 Å². The minimum Gasteiger partial charge on any atom is -0.324 e. The molecule has 2 rings (SSSR count). The molecule has 0 amide bonds. The van der Waals surface area contributed by atoms with Crippen molar-refractivity contribution in [2.24, 2.45) is 11.7 Å². The predicted octanol–water partition coefficient (Wildman–Crippen LogP) is 3.61. The van der Waals surface area contributed by atoms with E-state index in [9.17, 15) is 0 Å². The minimum absolute atomic E-state index is 0. The highest BCUT2D eigenvalue weighted by molar-refractivity contribution is 6.32. The van der Waals surface area contributed by atoms with Crippen LogP contribution >= 0.6 is 35.6 Å². The molecule has 1 aliphatic carbocycles. The van der Waals surface area contributed by atoms with Gasteiger partial charge < -0.3 is 5.73 Å². The van der Waals surface area contributed by atoms with Gasteiger partial charge >= 0.3 is 0 Å². The van der Waals surface area contributed by atoms with Gasteiger partial charge in [-0.25, -0.2) is 4.98 Å². The molecule has 0 radical (unpaired) electrons. The number of aromatic nitrogens is 1. The lowest BCUT2D eigenvalue weighted by atomic mass is 9.78. The van der Waals surface area contributed by atoms with E-state index in [4.69, 9.17) is 28.9 Å². The Morgan fingerprint density at radius 2 is 2.00 bits per heavy atom. The quantitative estimate of drug-likeness (QED) is 0.832. The Morgan fingerprint density at radius 1 is 1.33 bits per heavy atom. The molecule has 0 bridgehead atoms. The summed E-state index contributed by atoms with van der Waals surface area (Å²) >= 11 is 11.7. The van der Waals surface area contributed by atoms with Crippen molar-refractivity contribution in [2.75, 3.05) is 0 Å². The topological polar surface area (TPSA) is 38.9 Å². The molecule has 1 fully saturated rings. The summed E-state index contributed by atoms with van der Waals surface area (Å²) in [6, 6.07) is 3.63. The third kappa shape index (κ3) is 2.76. The van der Waals surface area contributed by atoms with Gasteiger partial charge in [-0.2, -0.15) is 0 Å². The largest absolute Gasteiger partial charge is 0.324 e.